The van der Waals surface area contributed by atoms with Gasteiger partial charge in [0.15, 0.2) is 0 Å². The van der Waals surface area contributed by atoms with E-state index < -0.39 is 103 Å². The highest BCUT2D eigenvalue weighted by Gasteiger charge is 2.47. The number of thioether (sulfide) groups is 1. The number of benzene rings is 2. The number of nitrogens with zero attached hydrogens (tertiary/aromatic N) is 8. The molecule has 0 aliphatic carbocycles. The molecule has 502 valence electrons. The number of aryl methyl sites for hydroxylation is 2. The Balaban J connectivity index is 1.05. The van der Waals surface area contributed by atoms with E-state index in [-0.39, 0.29) is 108 Å². The van der Waals surface area contributed by atoms with Crippen molar-refractivity contribution in [3.05, 3.63) is 71.4 Å². The Morgan fingerprint density at radius 2 is 1.37 bits per heavy atom. The molecular weight excluding hydrogens is 1220 g/mol. The number of halogens is 2. The average Bonchev–Trinajstić information content (AvgIpc) is 1.16. The largest absolute Gasteiger partial charge is 0.494 e. The van der Waals surface area contributed by atoms with E-state index in [9.17, 15) is 77.3 Å². The van der Waals surface area contributed by atoms with Gasteiger partial charge in [-0.15, -0.1) is 0 Å². The minimum atomic E-state index is -3.21. The number of aromatic nitrogens is 1. The van der Waals surface area contributed by atoms with Gasteiger partial charge in [-0.25, -0.2) is 8.78 Å². The molecule has 2 aromatic carbocycles. The number of pyridine rings is 1. The van der Waals surface area contributed by atoms with Crippen LogP contribution in [0, 0.1) is 24.2 Å². The Morgan fingerprint density at radius 1 is 0.761 bits per heavy atom. The van der Waals surface area contributed by atoms with Crippen LogP contribution in [-0.4, -0.2) is 270 Å². The van der Waals surface area contributed by atoms with E-state index in [2.05, 4.69) is 26.3 Å². The van der Waals surface area contributed by atoms with Crippen LogP contribution >= 0.6 is 11.8 Å². The number of rotatable bonds is 31. The third-order valence-electron chi connectivity index (χ3n) is 16.1. The molecule has 3 saturated heterocycles. The van der Waals surface area contributed by atoms with E-state index in [1.807, 2.05) is 31.2 Å². The summed E-state index contributed by atoms with van der Waals surface area (Å²) in [6, 6.07) is 12.3. The van der Waals surface area contributed by atoms with Crippen molar-refractivity contribution in [2.75, 3.05) is 136 Å². The molecule has 3 fully saturated rings. The van der Waals surface area contributed by atoms with Gasteiger partial charge in [-0.2, -0.15) is 17.0 Å². The lowest BCUT2D eigenvalue weighted by Gasteiger charge is -2.34. The Bertz CT molecular complexity index is 3050. The molecule has 92 heavy (non-hydrogen) atoms. The van der Waals surface area contributed by atoms with Gasteiger partial charge in [0.25, 0.3) is 11.8 Å². The van der Waals surface area contributed by atoms with E-state index in [0.717, 1.165) is 36.0 Å². The number of fused-ring (bicyclic) bond motifs is 1. The van der Waals surface area contributed by atoms with Gasteiger partial charge in [-0.3, -0.25) is 72.5 Å². The summed E-state index contributed by atoms with van der Waals surface area (Å²) in [6.45, 7) is 1.40. The number of carbonyl (C=O) groups is 10. The van der Waals surface area contributed by atoms with Gasteiger partial charge in [-0.05, 0) is 81.2 Å². The van der Waals surface area contributed by atoms with Crippen LogP contribution in [0.5, 0.6) is 5.75 Å². The van der Waals surface area contributed by atoms with Gasteiger partial charge in [0, 0.05) is 108 Å². The molecule has 3 aliphatic heterocycles. The highest BCUT2D eigenvalue weighted by atomic mass is 32.2. The van der Waals surface area contributed by atoms with Crippen LogP contribution in [0.1, 0.15) is 72.9 Å². The molecule has 3 aromatic rings. The molecule has 0 spiro atoms. The lowest BCUT2D eigenvalue weighted by molar-refractivity contribution is -0.146. The molecular formula is C62H84F2N12O15S. The highest BCUT2D eigenvalue weighted by Crippen LogP contribution is 2.32. The van der Waals surface area contributed by atoms with E-state index >= 15 is 0 Å². The molecule has 0 radical (unpaired) electrons. The van der Waals surface area contributed by atoms with E-state index in [1.165, 1.54) is 24.0 Å². The average molecular weight is 1310 g/mol. The quantitative estimate of drug-likeness (QED) is 0.0353. The first-order valence-electron chi connectivity index (χ1n) is 30.7. The Hall–Kier alpha value is -8.11. The monoisotopic (exact) mass is 1310 g/mol. The number of piperidine rings is 1. The van der Waals surface area contributed by atoms with E-state index in [0.29, 0.717) is 74.2 Å². The summed E-state index contributed by atoms with van der Waals surface area (Å²) in [5.41, 5.74) is 2.88. The Morgan fingerprint density at radius 3 is 1.96 bits per heavy atom. The van der Waals surface area contributed by atoms with Crippen molar-refractivity contribution in [3.63, 3.8) is 0 Å². The molecule has 1 aromatic heterocycles. The van der Waals surface area contributed by atoms with Crippen molar-refractivity contribution in [2.24, 2.45) is 5.92 Å². The predicted octanol–water partition coefficient (Wildman–Crippen LogP) is 1.31. The number of methoxy groups -OCH3 is 1. The fourth-order valence-corrected chi connectivity index (χ4v) is 12.0. The maximum absolute atomic E-state index is 14.5. The van der Waals surface area contributed by atoms with Crippen molar-refractivity contribution in [1.29, 1.82) is 5.26 Å². The SMILES string of the molecule is COC(=O)C[C@H](NC(=O)[C@H](CSCCNC(=O)CCCc1ccc(C)cc1)NC(=O)CN1CCN(CC(=O)O)CCN(CC(=O)O)CCN(CC(=O)O)CC1)C(=O)N1CCC(CCCOc2ccc3nccc(C(=O)NCC(=O)N4CC(F)(F)C[C@@H]4C#N)c3c2)CC1. The lowest BCUT2D eigenvalue weighted by atomic mass is 9.92. The fourth-order valence-electron chi connectivity index (χ4n) is 11.1. The summed E-state index contributed by atoms with van der Waals surface area (Å²) >= 11 is 1.25. The number of aliphatic carboxylic acids is 3. The third-order valence-corrected chi connectivity index (χ3v) is 17.2. The first-order valence-corrected chi connectivity index (χ1v) is 31.9. The van der Waals surface area contributed by atoms with Crippen molar-refractivity contribution in [2.45, 2.75) is 88.8 Å². The van der Waals surface area contributed by atoms with Crippen molar-refractivity contribution >= 4 is 82.0 Å². The number of hydrogen-bond acceptors (Lipinski definition) is 19. The second kappa shape index (κ2) is 36.8. The zero-order chi connectivity index (χ0) is 66.7. The minimum Gasteiger partial charge on any atom is -0.494 e. The van der Waals surface area contributed by atoms with Crippen LogP contribution < -0.4 is 26.0 Å². The molecule has 6 amide bonds. The number of hydrogen-bond donors (Lipinski definition) is 7. The van der Waals surface area contributed by atoms with E-state index in [4.69, 9.17) is 9.47 Å². The zero-order valence-electron chi connectivity index (χ0n) is 52.0. The van der Waals surface area contributed by atoms with Gasteiger partial charge in [-0.1, -0.05) is 29.8 Å². The van der Waals surface area contributed by atoms with Gasteiger partial charge in [0.05, 0.1) is 76.6 Å². The Kier molecular flexibility index (Phi) is 29.2. The number of nitrogens with one attached hydrogen (secondary N) is 4. The maximum atomic E-state index is 14.5. The number of likely N-dealkylation sites (tertiary alicyclic amines) is 2. The molecule has 30 heteroatoms. The van der Waals surface area contributed by atoms with Crippen LogP contribution in [0.4, 0.5) is 8.78 Å². The molecule has 4 heterocycles. The second-order valence-electron chi connectivity index (χ2n) is 23.2. The van der Waals surface area contributed by atoms with Gasteiger partial charge < -0.3 is 55.9 Å². The molecule has 27 nitrogen and oxygen atoms in total. The minimum absolute atomic E-state index is 0.0276. The van der Waals surface area contributed by atoms with Crippen LogP contribution in [0.3, 0.4) is 0 Å². The van der Waals surface area contributed by atoms with Gasteiger partial charge in [0.2, 0.25) is 29.5 Å². The maximum Gasteiger partial charge on any atom is 0.317 e. The molecule has 0 bridgehead atoms. The molecule has 6 rings (SSSR count). The number of ether oxygens (including phenoxy) is 2. The Labute approximate surface area is 536 Å². The van der Waals surface area contributed by atoms with Crippen molar-refractivity contribution in [3.8, 4) is 11.8 Å². The number of esters is 1. The smallest absolute Gasteiger partial charge is 0.317 e. The molecule has 7 N–H and O–H groups in total. The fraction of sp³-hybridized carbons (Fsp3) is 0.581. The normalized spacial score (nSPS) is 17.8. The van der Waals surface area contributed by atoms with Crippen LogP contribution in [0.25, 0.3) is 10.9 Å². The second-order valence-corrected chi connectivity index (χ2v) is 24.4. The zero-order valence-corrected chi connectivity index (χ0v) is 52.8. The standard InChI is InChI=1S/C62H84F2N12O15S/c1-42-8-10-43(11-9-42)5-3-7-52(77)67-18-30-92-40-51(69-53(78)36-71-21-23-72(37-55(80)81)25-27-74(39-57(84)85)28-26-73(24-22-71)38-56(82)83)60(88)70-50(32-58(86)90-2)61(89)75-19-15-44(16-20-75)6-4-29-91-46-12-13-49-48(31-46)47(14-17-66-49)59(87)68-35-54(79)76-41-62(63,64)33-45(76)34-65/h8-14,17,31,44-45,50-51H,3-7,15-16,18-30,32-33,35-41H2,1-2H3,(H,67,77)(H,68,87)(H,69,78)(H,70,88)(H,80,81)(H,82,83)(H,84,85)/t45-,50+,51+/m1/s1. The predicted molar refractivity (Wildman–Crippen MR) is 332 cm³/mol. The van der Waals surface area contributed by atoms with Crippen LogP contribution in [0.2, 0.25) is 0 Å². The van der Waals surface area contributed by atoms with Gasteiger partial charge >= 0.3 is 23.9 Å². The first kappa shape index (κ1) is 72.9. The van der Waals surface area contributed by atoms with Crippen LogP contribution in [-0.2, 0) is 54.3 Å². The van der Waals surface area contributed by atoms with Crippen LogP contribution in [0.15, 0.2) is 54.7 Å². The molecule has 0 saturated carbocycles. The summed E-state index contributed by atoms with van der Waals surface area (Å²) in [5, 5.41) is 49.6. The molecule has 0 unspecified atom stereocenters. The number of carboxylic acid groups (broad SMARTS) is 3. The summed E-state index contributed by atoms with van der Waals surface area (Å²) in [5.74, 6) is -9.97. The van der Waals surface area contributed by atoms with E-state index in [1.54, 1.807) is 48.8 Å². The van der Waals surface area contributed by atoms with Crippen molar-refractivity contribution < 1.29 is 81.5 Å². The summed E-state index contributed by atoms with van der Waals surface area (Å²) in [6.07, 6.45) is 4.28. The topological polar surface area (TPSA) is 354 Å². The number of alkyl halides is 2. The lowest BCUT2D eigenvalue weighted by Crippen LogP contribution is -2.57. The summed E-state index contributed by atoms with van der Waals surface area (Å²) in [7, 11) is 1.15. The molecule has 3 atom stereocenters. The summed E-state index contributed by atoms with van der Waals surface area (Å²) < 4.78 is 38.9. The third kappa shape index (κ3) is 24.8. The number of carbonyl (C=O) groups excluding carboxylic acids is 7. The van der Waals surface area contributed by atoms with Crippen molar-refractivity contribution in [1.82, 2.24) is 55.7 Å². The number of carboxylic acids is 3. The molecule has 3 aliphatic rings. The first-order chi connectivity index (χ1) is 44.0. The highest BCUT2D eigenvalue weighted by molar-refractivity contribution is 7.99. The summed E-state index contributed by atoms with van der Waals surface area (Å²) in [4.78, 5) is 143. The number of amides is 6. The number of nitriles is 1. The van der Waals surface area contributed by atoms with Gasteiger partial charge in [0.1, 0.15) is 23.9 Å².